The van der Waals surface area contributed by atoms with Gasteiger partial charge >= 0.3 is 0 Å². The average Bonchev–Trinajstić information content (AvgIpc) is 3.10. The number of nitrogens with zero attached hydrogens (tertiary/aromatic N) is 8. The molecular formula is C34H40N8O6. The molecule has 2 N–H and O–H groups in total. The molecule has 252 valence electrons. The molecule has 4 atom stereocenters. The van der Waals surface area contributed by atoms with Gasteiger partial charge in [0.25, 0.3) is 22.8 Å². The lowest BCUT2D eigenvalue weighted by molar-refractivity contribution is -0.0398. The number of hydrogen-bond acceptors (Lipinski definition) is 10. The fourth-order valence-corrected chi connectivity index (χ4v) is 6.21. The summed E-state index contributed by atoms with van der Waals surface area (Å²) < 4.78 is 14.3. The second-order valence-corrected chi connectivity index (χ2v) is 11.7. The molecule has 6 heterocycles. The van der Waals surface area contributed by atoms with E-state index in [4.69, 9.17) is 22.6 Å². The van der Waals surface area contributed by atoms with Crippen LogP contribution in [-0.2, 0) is 23.6 Å². The number of ether oxygens (including phenoxy) is 2. The predicted molar refractivity (Wildman–Crippen MR) is 183 cm³/mol. The first-order valence-corrected chi connectivity index (χ1v) is 16.0. The Balaban J connectivity index is 0.000000188. The molecule has 14 nitrogen and oxygen atoms in total. The Morgan fingerprint density at radius 1 is 0.750 bits per heavy atom. The Bertz CT molecular complexity index is 1850. The van der Waals surface area contributed by atoms with Crippen LogP contribution in [0.2, 0.25) is 0 Å². The molecule has 0 saturated carbocycles. The van der Waals surface area contributed by atoms with Crippen LogP contribution in [0.4, 0.5) is 23.0 Å². The molecule has 0 amide bonds. The van der Waals surface area contributed by atoms with E-state index in [-0.39, 0.29) is 23.3 Å². The highest BCUT2D eigenvalue weighted by molar-refractivity contribution is 5.90. The Hall–Kier alpha value is -4.86. The van der Waals surface area contributed by atoms with E-state index in [1.165, 1.54) is 9.13 Å². The van der Waals surface area contributed by atoms with Gasteiger partial charge < -0.3 is 48.3 Å². The summed E-state index contributed by atoms with van der Waals surface area (Å²) in [6.07, 6.45) is -0.497. The van der Waals surface area contributed by atoms with Crippen molar-refractivity contribution in [3.05, 3.63) is 79.9 Å². The quantitative estimate of drug-likeness (QED) is 0.298. The van der Waals surface area contributed by atoms with Crippen LogP contribution in [0.3, 0.4) is 0 Å². The first-order valence-electron chi connectivity index (χ1n) is 16.0. The largest absolute Gasteiger partial charge is 0.390 e. The van der Waals surface area contributed by atoms with Crippen molar-refractivity contribution in [3.63, 3.8) is 0 Å². The second-order valence-electron chi connectivity index (χ2n) is 11.7. The van der Waals surface area contributed by atoms with Crippen molar-refractivity contribution in [1.82, 2.24) is 19.1 Å². The molecule has 6 rings (SSSR count). The highest BCUT2D eigenvalue weighted by atomic mass is 16.5. The minimum atomic E-state index is -0.509. The molecule has 0 spiro atoms. The van der Waals surface area contributed by atoms with E-state index >= 15 is 0 Å². The molecule has 0 unspecified atom stereocenters. The number of aliphatic hydroxyl groups is 2. The molecular weight excluding hydrogens is 616 g/mol. The SMILES string of the molecule is [C-]#[N+]c1ccc2c(n1)c(N1CC[C@@H](O)[C@@H](OCC)C1)cc(=O)n2C.[C-]#[N+]c1ccc2c(n1)c(N1CC[C@H](O)[C@@H](OCC)C1)cc(=O)n2C. The number of hydrogen-bond donors (Lipinski definition) is 2. The summed E-state index contributed by atoms with van der Waals surface area (Å²) in [5.74, 6) is 0.585. The normalized spacial score (nSPS) is 21.0. The van der Waals surface area contributed by atoms with E-state index in [1.807, 2.05) is 23.6 Å². The van der Waals surface area contributed by atoms with Gasteiger partial charge in [-0.15, -0.1) is 9.97 Å². The van der Waals surface area contributed by atoms with Gasteiger partial charge in [-0.25, -0.2) is 0 Å². The van der Waals surface area contributed by atoms with E-state index in [2.05, 4.69) is 19.7 Å². The van der Waals surface area contributed by atoms with E-state index in [0.29, 0.717) is 97.3 Å². The Morgan fingerprint density at radius 2 is 1.15 bits per heavy atom. The highest BCUT2D eigenvalue weighted by Gasteiger charge is 2.32. The predicted octanol–water partition coefficient (Wildman–Crippen LogP) is 2.92. The molecule has 0 bridgehead atoms. The average molecular weight is 657 g/mol. The summed E-state index contributed by atoms with van der Waals surface area (Å²) in [5, 5.41) is 20.2. The van der Waals surface area contributed by atoms with E-state index in [0.717, 1.165) is 0 Å². The minimum absolute atomic E-state index is 0.131. The lowest BCUT2D eigenvalue weighted by Crippen LogP contribution is -2.48. The van der Waals surface area contributed by atoms with Gasteiger partial charge in [-0.2, -0.15) is 0 Å². The molecule has 0 aromatic carbocycles. The van der Waals surface area contributed by atoms with E-state index in [9.17, 15) is 19.8 Å². The Morgan fingerprint density at radius 3 is 1.50 bits per heavy atom. The summed E-state index contributed by atoms with van der Waals surface area (Å²) in [6.45, 7) is 21.4. The van der Waals surface area contributed by atoms with Crippen LogP contribution in [0.25, 0.3) is 31.8 Å². The zero-order valence-corrected chi connectivity index (χ0v) is 27.5. The molecule has 0 aliphatic carbocycles. The maximum Gasteiger partial charge on any atom is 0.270 e. The summed E-state index contributed by atoms with van der Waals surface area (Å²) in [5.41, 5.74) is 3.73. The van der Waals surface area contributed by atoms with Crippen molar-refractivity contribution in [1.29, 1.82) is 0 Å². The molecule has 2 saturated heterocycles. The number of aryl methyl sites for hydroxylation is 2. The highest BCUT2D eigenvalue weighted by Crippen LogP contribution is 2.30. The minimum Gasteiger partial charge on any atom is -0.390 e. The Labute approximate surface area is 278 Å². The summed E-state index contributed by atoms with van der Waals surface area (Å²) in [6, 6.07) is 9.81. The maximum atomic E-state index is 12.3. The number of fused-ring (bicyclic) bond motifs is 2. The van der Waals surface area contributed by atoms with Crippen molar-refractivity contribution in [2.24, 2.45) is 14.1 Å². The fraction of sp³-hybridized carbons (Fsp3) is 0.471. The molecule has 4 aromatic rings. The molecule has 4 aromatic heterocycles. The number of rotatable bonds is 6. The molecule has 2 aliphatic rings. The first kappa shape index (κ1) is 34.5. The van der Waals surface area contributed by atoms with E-state index in [1.54, 1.807) is 50.5 Å². The van der Waals surface area contributed by atoms with Gasteiger partial charge in [-0.05, 0) is 51.0 Å². The number of anilines is 2. The maximum absolute atomic E-state index is 12.3. The van der Waals surface area contributed by atoms with Crippen LogP contribution in [0.5, 0.6) is 0 Å². The summed E-state index contributed by atoms with van der Waals surface area (Å²) >= 11 is 0. The van der Waals surface area contributed by atoms with Gasteiger partial charge in [0.05, 0.1) is 34.6 Å². The van der Waals surface area contributed by atoms with Crippen molar-refractivity contribution >= 4 is 45.1 Å². The number of aromatic nitrogens is 4. The fourth-order valence-electron chi connectivity index (χ4n) is 6.21. The van der Waals surface area contributed by atoms with Crippen LogP contribution in [0, 0.1) is 13.1 Å². The number of piperidine rings is 2. The van der Waals surface area contributed by atoms with Crippen LogP contribution in [0.1, 0.15) is 26.7 Å². The molecule has 0 radical (unpaired) electrons. The van der Waals surface area contributed by atoms with Crippen molar-refractivity contribution in [2.75, 3.05) is 49.2 Å². The first-order chi connectivity index (χ1) is 23.1. The molecule has 14 heteroatoms. The second kappa shape index (κ2) is 14.9. The van der Waals surface area contributed by atoms with Crippen LogP contribution < -0.4 is 20.9 Å². The van der Waals surface area contributed by atoms with Crippen molar-refractivity contribution in [3.8, 4) is 0 Å². The zero-order valence-electron chi connectivity index (χ0n) is 27.5. The third-order valence-electron chi connectivity index (χ3n) is 8.83. The van der Waals surface area contributed by atoms with Gasteiger partial charge in [0.1, 0.15) is 12.2 Å². The summed E-state index contributed by atoms with van der Waals surface area (Å²) in [7, 11) is 3.38. The van der Waals surface area contributed by atoms with Crippen LogP contribution >= 0.6 is 0 Å². The Kier molecular flexibility index (Phi) is 10.7. The van der Waals surface area contributed by atoms with Crippen LogP contribution in [-0.4, -0.2) is 93.1 Å². The van der Waals surface area contributed by atoms with Gasteiger partial charge in [0, 0.05) is 65.6 Å². The number of pyridine rings is 4. The topological polar surface area (TPSA) is 144 Å². The lowest BCUT2D eigenvalue weighted by atomic mass is 10.0. The standard InChI is InChI=1S/2C17H20N4O3/c2*1-4-24-14-10-21(8-7-13(14)22)12-9-16(23)20(3)11-5-6-15(18-2)19-17(11)12/h2*5-6,9,13-14,22H,4,7-8,10H2,1,3H3/t13-,14+;13-,14-/m10/s1. The van der Waals surface area contributed by atoms with Crippen LogP contribution in [0.15, 0.2) is 46.0 Å². The third kappa shape index (κ3) is 7.02. The molecule has 48 heavy (non-hydrogen) atoms. The van der Waals surface area contributed by atoms with Gasteiger partial charge in [-0.1, -0.05) is 13.1 Å². The molecule has 2 fully saturated rings. The van der Waals surface area contributed by atoms with Gasteiger partial charge in [-0.3, -0.25) is 9.59 Å². The third-order valence-corrected chi connectivity index (χ3v) is 8.83. The van der Waals surface area contributed by atoms with Crippen molar-refractivity contribution < 1.29 is 19.7 Å². The monoisotopic (exact) mass is 656 g/mol. The smallest absolute Gasteiger partial charge is 0.270 e. The van der Waals surface area contributed by atoms with Gasteiger partial charge in [0.15, 0.2) is 0 Å². The van der Waals surface area contributed by atoms with E-state index < -0.39 is 12.2 Å². The number of aliphatic hydroxyl groups excluding tert-OH is 2. The zero-order chi connectivity index (χ0) is 34.5. The lowest BCUT2D eigenvalue weighted by Gasteiger charge is -2.37. The van der Waals surface area contributed by atoms with Gasteiger partial charge in [0.2, 0.25) is 11.0 Å². The molecule has 2 aliphatic heterocycles. The van der Waals surface area contributed by atoms with Crippen molar-refractivity contribution in [2.45, 2.75) is 51.1 Å². The summed E-state index contributed by atoms with van der Waals surface area (Å²) in [4.78, 5) is 44.2.